The van der Waals surface area contributed by atoms with Crippen molar-refractivity contribution in [1.29, 1.82) is 0 Å². The summed E-state index contributed by atoms with van der Waals surface area (Å²) in [6, 6.07) is 0.358. The molecule has 1 fully saturated rings. The number of nitrogens with zero attached hydrogens (tertiary/aromatic N) is 2. The molecule has 5 heteroatoms. The van der Waals surface area contributed by atoms with Gasteiger partial charge >= 0.3 is 5.97 Å². The summed E-state index contributed by atoms with van der Waals surface area (Å²) < 4.78 is 1.87. The maximum Gasteiger partial charge on any atom is 0.341 e. The van der Waals surface area contributed by atoms with Crippen LogP contribution in [0.15, 0.2) is 6.20 Å². The Balaban J connectivity index is 2.03. The van der Waals surface area contributed by atoms with E-state index in [0.717, 1.165) is 13.0 Å². The summed E-state index contributed by atoms with van der Waals surface area (Å²) in [5, 5.41) is 16.4. The van der Waals surface area contributed by atoms with Crippen molar-refractivity contribution in [3.8, 4) is 0 Å². The van der Waals surface area contributed by atoms with Crippen LogP contribution in [0.3, 0.4) is 0 Å². The van der Waals surface area contributed by atoms with Gasteiger partial charge in [-0.3, -0.25) is 0 Å². The molecule has 0 aromatic carbocycles. The van der Waals surface area contributed by atoms with Gasteiger partial charge in [0.1, 0.15) is 11.4 Å². The number of carboxylic acid groups (broad SMARTS) is 1. The number of aromatic nitrogens is 2. The first kappa shape index (κ1) is 9.69. The van der Waals surface area contributed by atoms with Crippen molar-refractivity contribution in [3.05, 3.63) is 11.8 Å². The second-order valence-electron chi connectivity index (χ2n) is 5.04. The number of carboxylic acids is 1. The lowest BCUT2D eigenvalue weighted by Gasteiger charge is -2.30. The number of carbonyl (C=O) groups is 1. The van der Waals surface area contributed by atoms with Gasteiger partial charge in [-0.05, 0) is 24.7 Å². The summed E-state index contributed by atoms with van der Waals surface area (Å²) in [7, 11) is 0. The number of hydrogen-bond donors (Lipinski definition) is 2. The lowest BCUT2D eigenvalue weighted by Crippen LogP contribution is -2.29. The van der Waals surface area contributed by atoms with Crippen molar-refractivity contribution in [3.63, 3.8) is 0 Å². The SMILES string of the molecule is CC1(C2CCNc3c(C(=O)O)cnn32)CC1. The molecular weight excluding hydrogens is 206 g/mol. The Morgan fingerprint density at radius 2 is 2.44 bits per heavy atom. The molecule has 1 unspecified atom stereocenters. The molecule has 0 saturated heterocycles. The maximum atomic E-state index is 11.0. The van der Waals surface area contributed by atoms with Gasteiger partial charge in [-0.2, -0.15) is 5.10 Å². The van der Waals surface area contributed by atoms with Crippen LogP contribution in [0.2, 0.25) is 0 Å². The fourth-order valence-electron chi connectivity index (χ4n) is 2.55. The van der Waals surface area contributed by atoms with Gasteiger partial charge in [-0.15, -0.1) is 0 Å². The monoisotopic (exact) mass is 221 g/mol. The average Bonchev–Trinajstić information content (AvgIpc) is 2.85. The molecule has 2 heterocycles. The van der Waals surface area contributed by atoms with Crippen molar-refractivity contribution < 1.29 is 9.90 Å². The molecule has 2 N–H and O–H groups in total. The van der Waals surface area contributed by atoms with Crippen molar-refractivity contribution >= 4 is 11.8 Å². The highest BCUT2D eigenvalue weighted by atomic mass is 16.4. The second-order valence-corrected chi connectivity index (χ2v) is 5.04. The largest absolute Gasteiger partial charge is 0.477 e. The Morgan fingerprint density at radius 1 is 1.69 bits per heavy atom. The van der Waals surface area contributed by atoms with Gasteiger partial charge in [0.2, 0.25) is 0 Å². The fraction of sp³-hybridized carbons (Fsp3) is 0.636. The Labute approximate surface area is 93.5 Å². The van der Waals surface area contributed by atoms with Gasteiger partial charge in [0.25, 0.3) is 0 Å². The van der Waals surface area contributed by atoms with Gasteiger partial charge in [0.05, 0.1) is 12.2 Å². The zero-order valence-electron chi connectivity index (χ0n) is 9.23. The second kappa shape index (κ2) is 2.99. The standard InChI is InChI=1S/C11H15N3O2/c1-11(3-4-11)8-2-5-12-9-7(10(15)16)6-13-14(8)9/h6,8,12H,2-5H2,1H3,(H,15,16). The molecule has 1 saturated carbocycles. The van der Waals surface area contributed by atoms with E-state index < -0.39 is 5.97 Å². The Kier molecular flexibility index (Phi) is 1.81. The highest BCUT2D eigenvalue weighted by Crippen LogP contribution is 2.56. The highest BCUT2D eigenvalue weighted by Gasteiger charge is 2.47. The first-order valence-corrected chi connectivity index (χ1v) is 5.66. The summed E-state index contributed by atoms with van der Waals surface area (Å²) in [5.41, 5.74) is 0.618. The number of hydrogen-bond acceptors (Lipinski definition) is 3. The van der Waals surface area contributed by atoms with E-state index in [4.69, 9.17) is 5.11 Å². The molecule has 0 spiro atoms. The summed E-state index contributed by atoms with van der Waals surface area (Å²) in [6.07, 6.45) is 4.93. The smallest absolute Gasteiger partial charge is 0.341 e. The van der Waals surface area contributed by atoms with Crippen LogP contribution in [-0.4, -0.2) is 27.4 Å². The van der Waals surface area contributed by atoms with E-state index in [0.29, 0.717) is 17.3 Å². The number of fused-ring (bicyclic) bond motifs is 1. The fourth-order valence-corrected chi connectivity index (χ4v) is 2.55. The molecule has 1 atom stereocenters. The number of nitrogens with one attached hydrogen (secondary N) is 1. The lowest BCUT2D eigenvalue weighted by molar-refractivity contribution is 0.0697. The molecule has 0 bridgehead atoms. The molecule has 0 amide bonds. The molecule has 1 aliphatic heterocycles. The van der Waals surface area contributed by atoms with E-state index in [-0.39, 0.29) is 5.56 Å². The zero-order valence-corrected chi connectivity index (χ0v) is 9.23. The van der Waals surface area contributed by atoms with Gasteiger partial charge in [-0.1, -0.05) is 6.92 Å². The Morgan fingerprint density at radius 3 is 3.06 bits per heavy atom. The van der Waals surface area contributed by atoms with E-state index in [2.05, 4.69) is 17.3 Å². The van der Waals surface area contributed by atoms with Crippen molar-refractivity contribution in [2.45, 2.75) is 32.2 Å². The minimum atomic E-state index is -0.907. The number of rotatable bonds is 2. The van der Waals surface area contributed by atoms with Gasteiger partial charge in [0.15, 0.2) is 0 Å². The topological polar surface area (TPSA) is 67.2 Å². The van der Waals surface area contributed by atoms with E-state index in [1.54, 1.807) is 0 Å². The van der Waals surface area contributed by atoms with E-state index in [9.17, 15) is 4.79 Å². The molecule has 0 radical (unpaired) electrons. The van der Waals surface area contributed by atoms with Crippen molar-refractivity contribution in [1.82, 2.24) is 9.78 Å². The predicted molar refractivity (Wildman–Crippen MR) is 58.7 cm³/mol. The van der Waals surface area contributed by atoms with Crippen LogP contribution in [-0.2, 0) is 0 Å². The molecule has 5 nitrogen and oxygen atoms in total. The van der Waals surface area contributed by atoms with Gasteiger partial charge in [-0.25, -0.2) is 9.48 Å². The van der Waals surface area contributed by atoms with Crippen LogP contribution >= 0.6 is 0 Å². The van der Waals surface area contributed by atoms with Crippen LogP contribution in [0, 0.1) is 5.41 Å². The highest BCUT2D eigenvalue weighted by molar-refractivity contribution is 5.93. The zero-order chi connectivity index (χ0) is 11.3. The van der Waals surface area contributed by atoms with Crippen LogP contribution < -0.4 is 5.32 Å². The molecule has 1 aromatic rings. The summed E-state index contributed by atoms with van der Waals surface area (Å²) >= 11 is 0. The van der Waals surface area contributed by atoms with E-state index in [1.807, 2.05) is 4.68 Å². The van der Waals surface area contributed by atoms with Crippen LogP contribution in [0.4, 0.5) is 5.82 Å². The van der Waals surface area contributed by atoms with Gasteiger partial charge in [0, 0.05) is 6.54 Å². The first-order valence-electron chi connectivity index (χ1n) is 5.66. The maximum absolute atomic E-state index is 11.0. The number of aromatic carboxylic acids is 1. The van der Waals surface area contributed by atoms with Crippen LogP contribution in [0.1, 0.15) is 42.6 Å². The van der Waals surface area contributed by atoms with Crippen LogP contribution in [0.25, 0.3) is 0 Å². The van der Waals surface area contributed by atoms with Crippen LogP contribution in [0.5, 0.6) is 0 Å². The lowest BCUT2D eigenvalue weighted by atomic mass is 9.94. The molecule has 2 aliphatic rings. The molecular formula is C11H15N3O2. The normalized spacial score (nSPS) is 25.7. The molecule has 16 heavy (non-hydrogen) atoms. The molecule has 1 aromatic heterocycles. The van der Waals surface area contributed by atoms with Crippen molar-refractivity contribution in [2.75, 3.05) is 11.9 Å². The summed E-state index contributed by atoms with van der Waals surface area (Å²) in [5.74, 6) is -0.229. The number of anilines is 1. The van der Waals surface area contributed by atoms with E-state index >= 15 is 0 Å². The predicted octanol–water partition coefficient (Wildman–Crippen LogP) is 1.74. The third-order valence-corrected chi connectivity index (χ3v) is 3.87. The van der Waals surface area contributed by atoms with Crippen molar-refractivity contribution in [2.24, 2.45) is 5.41 Å². The summed E-state index contributed by atoms with van der Waals surface area (Å²) in [4.78, 5) is 11.0. The third-order valence-electron chi connectivity index (χ3n) is 3.87. The molecule has 86 valence electrons. The van der Waals surface area contributed by atoms with Gasteiger partial charge < -0.3 is 10.4 Å². The Bertz CT molecular complexity index is 448. The average molecular weight is 221 g/mol. The summed E-state index contributed by atoms with van der Waals surface area (Å²) in [6.45, 7) is 3.10. The third kappa shape index (κ3) is 1.24. The minimum Gasteiger partial charge on any atom is -0.477 e. The molecule has 1 aliphatic carbocycles. The Hall–Kier alpha value is -1.52. The first-order chi connectivity index (χ1) is 7.62. The minimum absolute atomic E-state index is 0.286. The quantitative estimate of drug-likeness (QED) is 0.798. The van der Waals surface area contributed by atoms with E-state index in [1.165, 1.54) is 19.0 Å². The molecule has 3 rings (SSSR count).